The number of aromatic nitrogens is 2. The van der Waals surface area contributed by atoms with Crippen molar-refractivity contribution >= 4 is 5.57 Å². The Balaban J connectivity index is 1.12. The number of aromatic amines is 1. The van der Waals surface area contributed by atoms with Gasteiger partial charge in [0.05, 0.1) is 24.0 Å². The summed E-state index contributed by atoms with van der Waals surface area (Å²) in [6, 6.07) is 7.05. The van der Waals surface area contributed by atoms with Crippen molar-refractivity contribution < 1.29 is 10.2 Å². The molecule has 0 spiro atoms. The highest BCUT2D eigenvalue weighted by Crippen LogP contribution is 2.44. The molecule has 7 heteroatoms. The number of H-pyrrole nitrogens is 1. The molecule has 3 heterocycles. The Morgan fingerprint density at radius 1 is 1.15 bits per heavy atom. The molecule has 1 aromatic carbocycles. The largest absolute Gasteiger partial charge is 0.508 e. The lowest BCUT2D eigenvalue weighted by atomic mass is 9.73. The van der Waals surface area contributed by atoms with Crippen LogP contribution in [0.25, 0.3) is 5.57 Å². The number of nitrogens with one attached hydrogen (secondary N) is 3. The van der Waals surface area contributed by atoms with Gasteiger partial charge in [0.1, 0.15) is 11.6 Å². The minimum atomic E-state index is -0.107. The quantitative estimate of drug-likeness (QED) is 0.467. The van der Waals surface area contributed by atoms with Crippen LogP contribution in [0.5, 0.6) is 5.75 Å². The Hall–Kier alpha value is -2.19. The Kier molecular flexibility index (Phi) is 5.97. The van der Waals surface area contributed by atoms with Crippen LogP contribution in [0.2, 0.25) is 0 Å². The normalized spacial score (nSPS) is 33.9. The summed E-state index contributed by atoms with van der Waals surface area (Å²) in [6.07, 6.45) is 11.5. The molecule has 182 valence electrons. The number of phenols is 1. The molecule has 0 bridgehead atoms. The van der Waals surface area contributed by atoms with Gasteiger partial charge in [-0.3, -0.25) is 10.3 Å². The third kappa shape index (κ3) is 4.09. The molecule has 4 aliphatic rings. The summed E-state index contributed by atoms with van der Waals surface area (Å²) in [5.41, 5.74) is 12.3. The Labute approximate surface area is 201 Å². The molecule has 4 unspecified atom stereocenters. The third-order valence-electron chi connectivity index (χ3n) is 8.72. The van der Waals surface area contributed by atoms with E-state index in [0.29, 0.717) is 29.7 Å². The molecule has 4 atom stereocenters. The molecule has 1 aromatic heterocycles. The van der Waals surface area contributed by atoms with Crippen LogP contribution in [-0.2, 0) is 6.42 Å². The van der Waals surface area contributed by atoms with Crippen LogP contribution in [-0.4, -0.2) is 56.4 Å². The van der Waals surface area contributed by atoms with Gasteiger partial charge in [0, 0.05) is 25.2 Å². The molecule has 2 saturated carbocycles. The van der Waals surface area contributed by atoms with Gasteiger partial charge in [0.2, 0.25) is 0 Å². The summed E-state index contributed by atoms with van der Waals surface area (Å²) >= 11 is 0. The van der Waals surface area contributed by atoms with Crippen LogP contribution >= 0.6 is 0 Å². The average Bonchev–Trinajstić information content (AvgIpc) is 3.49. The van der Waals surface area contributed by atoms with Gasteiger partial charge in [-0.25, -0.2) is 10.4 Å². The molecule has 6 rings (SSSR count). The van der Waals surface area contributed by atoms with Crippen LogP contribution in [0, 0.1) is 5.92 Å². The zero-order valence-electron chi connectivity index (χ0n) is 20.0. The number of aliphatic hydroxyl groups is 1. The number of imidazole rings is 1. The molecule has 7 nitrogen and oxygen atoms in total. The van der Waals surface area contributed by atoms with Gasteiger partial charge >= 0.3 is 0 Å². The lowest BCUT2D eigenvalue weighted by molar-refractivity contribution is 0.00655. The predicted molar refractivity (Wildman–Crippen MR) is 132 cm³/mol. The summed E-state index contributed by atoms with van der Waals surface area (Å²) in [7, 11) is 0. The molecule has 2 aromatic rings. The molecule has 0 amide bonds. The summed E-state index contributed by atoms with van der Waals surface area (Å²) in [5.74, 6) is 2.45. The van der Waals surface area contributed by atoms with Crippen molar-refractivity contribution in [3.63, 3.8) is 0 Å². The highest BCUT2D eigenvalue weighted by molar-refractivity contribution is 5.64. The number of aryl methyl sites for hydroxylation is 1. The van der Waals surface area contributed by atoms with E-state index in [9.17, 15) is 10.2 Å². The molecule has 2 aliphatic carbocycles. The van der Waals surface area contributed by atoms with Gasteiger partial charge in [-0.15, -0.1) is 0 Å². The lowest BCUT2D eigenvalue weighted by Crippen LogP contribution is -2.48. The number of rotatable bonds is 5. The highest BCUT2D eigenvalue weighted by Gasteiger charge is 2.42. The SMILES string of the molecule is CCc1cc(O)ccc1C1CCC2C(C1)NNC2c1ncc(C2=CCCN(C3CC(O)C3)C2)[nH]1. The van der Waals surface area contributed by atoms with Crippen molar-refractivity contribution in [2.75, 3.05) is 13.1 Å². The number of aliphatic hydroxyl groups excluding tert-OH is 1. The Morgan fingerprint density at radius 2 is 2.03 bits per heavy atom. The maximum absolute atomic E-state index is 9.89. The number of fused-ring (bicyclic) bond motifs is 1. The maximum Gasteiger partial charge on any atom is 0.125 e. The van der Waals surface area contributed by atoms with Crippen LogP contribution in [0.1, 0.15) is 80.1 Å². The fourth-order valence-electron chi connectivity index (χ4n) is 6.70. The van der Waals surface area contributed by atoms with Gasteiger partial charge in [-0.2, -0.15) is 0 Å². The molecule has 0 radical (unpaired) electrons. The monoisotopic (exact) mass is 463 g/mol. The van der Waals surface area contributed by atoms with Crippen molar-refractivity contribution in [3.8, 4) is 5.75 Å². The number of hydrogen-bond donors (Lipinski definition) is 5. The zero-order valence-corrected chi connectivity index (χ0v) is 20.0. The predicted octanol–water partition coefficient (Wildman–Crippen LogP) is 3.39. The van der Waals surface area contributed by atoms with E-state index in [-0.39, 0.29) is 12.1 Å². The first-order chi connectivity index (χ1) is 16.6. The van der Waals surface area contributed by atoms with E-state index in [1.807, 2.05) is 18.3 Å². The van der Waals surface area contributed by atoms with Crippen LogP contribution in [0.4, 0.5) is 0 Å². The van der Waals surface area contributed by atoms with Crippen molar-refractivity contribution in [1.29, 1.82) is 0 Å². The van der Waals surface area contributed by atoms with Crippen LogP contribution < -0.4 is 10.9 Å². The number of benzene rings is 1. The van der Waals surface area contributed by atoms with E-state index in [0.717, 1.165) is 63.1 Å². The summed E-state index contributed by atoms with van der Waals surface area (Å²) in [6.45, 7) is 4.19. The first-order valence-electron chi connectivity index (χ1n) is 13.1. The van der Waals surface area contributed by atoms with Crippen molar-refractivity contribution in [3.05, 3.63) is 53.1 Å². The second-order valence-corrected chi connectivity index (χ2v) is 10.7. The summed E-state index contributed by atoms with van der Waals surface area (Å²) in [4.78, 5) is 11.0. The Morgan fingerprint density at radius 3 is 2.85 bits per heavy atom. The number of nitrogens with zero attached hydrogens (tertiary/aromatic N) is 2. The average molecular weight is 464 g/mol. The first-order valence-corrected chi connectivity index (χ1v) is 13.1. The fraction of sp³-hybridized carbons (Fsp3) is 0.593. The molecule has 5 N–H and O–H groups in total. The highest BCUT2D eigenvalue weighted by atomic mass is 16.3. The second-order valence-electron chi connectivity index (χ2n) is 10.7. The smallest absolute Gasteiger partial charge is 0.125 e. The fourth-order valence-corrected chi connectivity index (χ4v) is 6.70. The zero-order chi connectivity index (χ0) is 23.2. The number of hydrogen-bond acceptors (Lipinski definition) is 6. The van der Waals surface area contributed by atoms with Crippen molar-refractivity contribution in [2.45, 2.75) is 82.0 Å². The van der Waals surface area contributed by atoms with E-state index in [2.05, 4.69) is 39.8 Å². The summed E-state index contributed by atoms with van der Waals surface area (Å²) in [5, 5.41) is 19.6. The standard InChI is InChI=1S/C27H37N5O2/c1-2-16-10-20(33)6-8-22(16)17-5-7-23-24(11-17)30-31-26(23)27-28-14-25(29-27)18-4-3-9-32(15-18)19-12-21(34)13-19/h4,6,8,10,14,17,19,21,23-24,26,30-31,33-34H,2-3,5,7,9,11-13,15H2,1H3,(H,28,29). The molecule has 1 saturated heterocycles. The molecule has 3 fully saturated rings. The van der Waals surface area contributed by atoms with Crippen LogP contribution in [0.15, 0.2) is 30.5 Å². The van der Waals surface area contributed by atoms with E-state index in [1.165, 1.54) is 23.1 Å². The molecule has 34 heavy (non-hydrogen) atoms. The first kappa shape index (κ1) is 22.3. The van der Waals surface area contributed by atoms with E-state index in [1.54, 1.807) is 0 Å². The van der Waals surface area contributed by atoms with E-state index < -0.39 is 0 Å². The lowest BCUT2D eigenvalue weighted by Gasteiger charge is -2.42. The van der Waals surface area contributed by atoms with Crippen LogP contribution in [0.3, 0.4) is 0 Å². The van der Waals surface area contributed by atoms with E-state index in [4.69, 9.17) is 4.98 Å². The van der Waals surface area contributed by atoms with Crippen molar-refractivity contribution in [2.24, 2.45) is 5.92 Å². The van der Waals surface area contributed by atoms with Gasteiger partial charge in [-0.1, -0.05) is 19.1 Å². The minimum absolute atomic E-state index is 0.107. The molecular weight excluding hydrogens is 426 g/mol. The van der Waals surface area contributed by atoms with Gasteiger partial charge < -0.3 is 15.2 Å². The molecule has 2 aliphatic heterocycles. The third-order valence-corrected chi connectivity index (χ3v) is 8.72. The van der Waals surface area contributed by atoms with Crippen molar-refractivity contribution in [1.82, 2.24) is 25.7 Å². The second kappa shape index (κ2) is 9.11. The number of aromatic hydroxyl groups is 1. The van der Waals surface area contributed by atoms with E-state index >= 15 is 0 Å². The number of hydrazine groups is 1. The van der Waals surface area contributed by atoms with Gasteiger partial charge in [0.15, 0.2) is 0 Å². The maximum atomic E-state index is 9.89. The Bertz CT molecular complexity index is 1060. The number of phenolic OH excluding ortho intramolecular Hbond substituents is 1. The van der Waals surface area contributed by atoms with Gasteiger partial charge in [-0.05, 0) is 85.6 Å². The van der Waals surface area contributed by atoms with Gasteiger partial charge in [0.25, 0.3) is 0 Å². The topological polar surface area (TPSA) is 96.4 Å². The molecular formula is C27H37N5O2. The minimum Gasteiger partial charge on any atom is -0.508 e. The summed E-state index contributed by atoms with van der Waals surface area (Å²) < 4.78 is 0.